The molecule has 1 saturated heterocycles. The van der Waals surface area contributed by atoms with Crippen LogP contribution in [0.3, 0.4) is 0 Å². The number of halogens is 1. The summed E-state index contributed by atoms with van der Waals surface area (Å²) < 4.78 is 9.44. The van der Waals surface area contributed by atoms with E-state index in [1.807, 2.05) is 41.3 Å². The Balaban J connectivity index is 1.48. The largest absolute Gasteiger partial charge is 0.437 e. The maximum absolute atomic E-state index is 13.1. The van der Waals surface area contributed by atoms with Crippen LogP contribution in [-0.4, -0.2) is 47.0 Å². The third kappa shape index (κ3) is 6.10. The molecule has 0 spiro atoms. The van der Waals surface area contributed by atoms with Crippen molar-refractivity contribution in [1.29, 1.82) is 0 Å². The summed E-state index contributed by atoms with van der Waals surface area (Å²) in [4.78, 5) is 25.3. The Bertz CT molecular complexity index is 1420. The quantitative estimate of drug-likeness (QED) is 0.261. The van der Waals surface area contributed by atoms with Gasteiger partial charge in [0.2, 0.25) is 11.8 Å². The van der Waals surface area contributed by atoms with E-state index < -0.39 is 0 Å². The van der Waals surface area contributed by atoms with Gasteiger partial charge in [-0.05, 0) is 67.3 Å². The molecule has 7 nitrogen and oxygen atoms in total. The number of aryl methyl sites for hydroxylation is 2. The minimum Gasteiger partial charge on any atom is -0.437 e. The normalized spacial score (nSPS) is 13.3. The minimum absolute atomic E-state index is 0.0476. The number of benzene rings is 3. The van der Waals surface area contributed by atoms with Gasteiger partial charge in [0.1, 0.15) is 5.75 Å². The standard InChI is InChI=1S/C29H28ClN5O2S/c1-19-7-6-8-20(2)27(19)24-18-26(33-29(32-24)34-38-22-9-4-3-5-10-22)37-25-17-21(11-12-23(25)30)28(36)35-15-13-31-14-16-35/h3-12,17-18,31H,13-16H2,1-2H3,(H,32,33,34). The fourth-order valence-corrected chi connectivity index (χ4v) is 5.09. The van der Waals surface area contributed by atoms with Crippen molar-refractivity contribution in [3.63, 3.8) is 0 Å². The highest BCUT2D eigenvalue weighted by Gasteiger charge is 2.20. The molecule has 38 heavy (non-hydrogen) atoms. The lowest BCUT2D eigenvalue weighted by molar-refractivity contribution is 0.0735. The predicted molar refractivity (Wildman–Crippen MR) is 153 cm³/mol. The van der Waals surface area contributed by atoms with Gasteiger partial charge < -0.3 is 15.0 Å². The molecule has 9 heteroatoms. The zero-order valence-corrected chi connectivity index (χ0v) is 22.8. The molecular weight excluding hydrogens is 518 g/mol. The summed E-state index contributed by atoms with van der Waals surface area (Å²) in [7, 11) is 0. The number of nitrogens with one attached hydrogen (secondary N) is 2. The molecule has 1 amide bonds. The molecule has 194 valence electrons. The second-order valence-corrected chi connectivity index (χ2v) is 10.3. The van der Waals surface area contributed by atoms with Crippen LogP contribution in [0.5, 0.6) is 11.6 Å². The van der Waals surface area contributed by atoms with Gasteiger partial charge in [0.25, 0.3) is 5.91 Å². The molecule has 1 fully saturated rings. The molecule has 4 aromatic rings. The van der Waals surface area contributed by atoms with Crippen LogP contribution in [0, 0.1) is 13.8 Å². The molecule has 0 saturated carbocycles. The summed E-state index contributed by atoms with van der Waals surface area (Å²) in [6.45, 7) is 6.99. The lowest BCUT2D eigenvalue weighted by Crippen LogP contribution is -2.46. The zero-order valence-electron chi connectivity index (χ0n) is 21.2. The predicted octanol–water partition coefficient (Wildman–Crippen LogP) is 6.37. The first-order valence-electron chi connectivity index (χ1n) is 12.4. The van der Waals surface area contributed by atoms with Crippen LogP contribution in [-0.2, 0) is 0 Å². The van der Waals surface area contributed by atoms with E-state index in [1.54, 1.807) is 24.3 Å². The molecule has 0 bridgehead atoms. The van der Waals surface area contributed by atoms with E-state index in [1.165, 1.54) is 11.9 Å². The van der Waals surface area contributed by atoms with Crippen LogP contribution >= 0.6 is 23.5 Å². The maximum atomic E-state index is 13.1. The second-order valence-electron chi connectivity index (χ2n) is 8.99. The number of carbonyl (C=O) groups excluding carboxylic acids is 1. The topological polar surface area (TPSA) is 79.4 Å². The van der Waals surface area contributed by atoms with Crippen molar-refractivity contribution in [3.8, 4) is 22.9 Å². The van der Waals surface area contributed by atoms with Gasteiger partial charge in [-0.15, -0.1) is 0 Å². The smallest absolute Gasteiger partial charge is 0.254 e. The Hall–Kier alpha value is -3.59. The molecule has 0 aliphatic carbocycles. The zero-order chi connectivity index (χ0) is 26.5. The van der Waals surface area contributed by atoms with E-state index >= 15 is 0 Å². The number of nitrogens with zero attached hydrogens (tertiary/aromatic N) is 3. The maximum Gasteiger partial charge on any atom is 0.254 e. The Morgan fingerprint density at radius 2 is 1.71 bits per heavy atom. The van der Waals surface area contributed by atoms with Gasteiger partial charge >= 0.3 is 0 Å². The molecule has 0 unspecified atom stereocenters. The van der Waals surface area contributed by atoms with Crippen LogP contribution in [0.15, 0.2) is 77.7 Å². The summed E-state index contributed by atoms with van der Waals surface area (Å²) in [6, 6.07) is 23.0. The van der Waals surface area contributed by atoms with Gasteiger partial charge in [-0.25, -0.2) is 4.98 Å². The molecular formula is C29H28ClN5O2S. The third-order valence-electron chi connectivity index (χ3n) is 6.24. The van der Waals surface area contributed by atoms with E-state index in [0.29, 0.717) is 41.3 Å². The number of amides is 1. The number of anilines is 1. The molecule has 1 aliphatic rings. The first-order chi connectivity index (χ1) is 18.5. The van der Waals surface area contributed by atoms with Crippen molar-refractivity contribution in [1.82, 2.24) is 20.2 Å². The monoisotopic (exact) mass is 545 g/mol. The van der Waals surface area contributed by atoms with Crippen LogP contribution in [0.4, 0.5) is 5.95 Å². The van der Waals surface area contributed by atoms with Crippen molar-refractivity contribution >= 4 is 35.4 Å². The molecule has 0 atom stereocenters. The van der Waals surface area contributed by atoms with Crippen LogP contribution < -0.4 is 14.8 Å². The van der Waals surface area contributed by atoms with E-state index in [4.69, 9.17) is 21.3 Å². The van der Waals surface area contributed by atoms with Gasteiger partial charge in [-0.3, -0.25) is 9.52 Å². The average molecular weight is 546 g/mol. The summed E-state index contributed by atoms with van der Waals surface area (Å²) in [5.74, 6) is 1.04. The molecule has 2 heterocycles. The van der Waals surface area contributed by atoms with Gasteiger partial charge in [0.05, 0.1) is 10.7 Å². The Kier molecular flexibility index (Phi) is 8.12. The highest BCUT2D eigenvalue weighted by Crippen LogP contribution is 2.34. The van der Waals surface area contributed by atoms with E-state index in [0.717, 1.165) is 40.4 Å². The Morgan fingerprint density at radius 1 is 0.974 bits per heavy atom. The van der Waals surface area contributed by atoms with Crippen LogP contribution in [0.1, 0.15) is 21.5 Å². The summed E-state index contributed by atoms with van der Waals surface area (Å²) >= 11 is 7.92. The molecule has 3 aromatic carbocycles. The first kappa shape index (κ1) is 26.0. The van der Waals surface area contributed by atoms with Crippen molar-refractivity contribution in [2.24, 2.45) is 0 Å². The Morgan fingerprint density at radius 3 is 2.45 bits per heavy atom. The van der Waals surface area contributed by atoms with Crippen molar-refractivity contribution in [3.05, 3.63) is 94.5 Å². The van der Waals surface area contributed by atoms with Crippen LogP contribution in [0.2, 0.25) is 5.02 Å². The number of hydrogen-bond acceptors (Lipinski definition) is 7. The number of carbonyl (C=O) groups is 1. The molecule has 2 N–H and O–H groups in total. The fourth-order valence-electron chi connectivity index (χ4n) is 4.34. The van der Waals surface area contributed by atoms with Crippen molar-refractivity contribution in [2.75, 3.05) is 30.9 Å². The lowest BCUT2D eigenvalue weighted by Gasteiger charge is -2.27. The molecule has 1 aliphatic heterocycles. The summed E-state index contributed by atoms with van der Waals surface area (Å²) in [5, 5.41) is 3.66. The van der Waals surface area contributed by atoms with E-state index in [2.05, 4.69) is 41.0 Å². The number of ether oxygens (including phenoxy) is 1. The van der Waals surface area contributed by atoms with Gasteiger partial charge in [-0.2, -0.15) is 4.98 Å². The fraction of sp³-hybridized carbons (Fsp3) is 0.207. The minimum atomic E-state index is -0.0476. The van der Waals surface area contributed by atoms with Crippen molar-refractivity contribution in [2.45, 2.75) is 18.7 Å². The van der Waals surface area contributed by atoms with Crippen LogP contribution in [0.25, 0.3) is 11.3 Å². The van der Waals surface area contributed by atoms with E-state index in [-0.39, 0.29) is 5.91 Å². The highest BCUT2D eigenvalue weighted by molar-refractivity contribution is 8.00. The first-order valence-corrected chi connectivity index (χ1v) is 13.6. The lowest BCUT2D eigenvalue weighted by atomic mass is 10.00. The molecule has 1 aromatic heterocycles. The molecule has 0 radical (unpaired) electrons. The van der Waals surface area contributed by atoms with Gasteiger partial charge in [0.15, 0.2) is 0 Å². The van der Waals surface area contributed by atoms with Crippen molar-refractivity contribution < 1.29 is 9.53 Å². The second kappa shape index (κ2) is 11.9. The number of aromatic nitrogens is 2. The average Bonchev–Trinajstić information content (AvgIpc) is 2.94. The number of piperazine rings is 1. The Labute approximate surface area is 231 Å². The molecule has 5 rings (SSSR count). The SMILES string of the molecule is Cc1cccc(C)c1-c1cc(Oc2cc(C(=O)N3CCNCC3)ccc2Cl)nc(NSc2ccccc2)n1. The third-order valence-corrected chi connectivity index (χ3v) is 7.34. The number of hydrogen-bond donors (Lipinski definition) is 2. The van der Waals surface area contributed by atoms with Gasteiger partial charge in [-0.1, -0.05) is 48.0 Å². The highest BCUT2D eigenvalue weighted by atomic mass is 35.5. The summed E-state index contributed by atoms with van der Waals surface area (Å²) in [5.41, 5.74) is 4.46. The number of rotatable bonds is 7. The van der Waals surface area contributed by atoms with E-state index in [9.17, 15) is 4.79 Å². The summed E-state index contributed by atoms with van der Waals surface area (Å²) in [6.07, 6.45) is 0. The van der Waals surface area contributed by atoms with Gasteiger partial charge in [0, 0.05) is 48.3 Å².